The molecule has 16 heavy (non-hydrogen) atoms. The van der Waals surface area contributed by atoms with Gasteiger partial charge in [-0.3, -0.25) is 10.2 Å². The quantitative estimate of drug-likeness (QED) is 0.468. The molecule has 88 valence electrons. The van der Waals surface area contributed by atoms with E-state index in [1.54, 1.807) is 0 Å². The summed E-state index contributed by atoms with van der Waals surface area (Å²) in [5.41, 5.74) is 2.46. The Balaban J connectivity index is 2.64. The summed E-state index contributed by atoms with van der Waals surface area (Å²) in [5.74, 6) is 4.10. The molecule has 0 radical (unpaired) electrons. The molecule has 0 saturated heterocycles. The molecule has 7 heteroatoms. The minimum absolute atomic E-state index is 0.00278. The SMILES string of the molecule is NNC(=O)Cc1ccc(OC(F)(F)F)cc1. The summed E-state index contributed by atoms with van der Waals surface area (Å²) < 4.78 is 39.1. The third-order valence-electron chi connectivity index (χ3n) is 1.68. The smallest absolute Gasteiger partial charge is 0.406 e. The molecule has 1 aromatic rings. The van der Waals surface area contributed by atoms with Gasteiger partial charge in [-0.05, 0) is 17.7 Å². The van der Waals surface area contributed by atoms with Crippen LogP contribution >= 0.6 is 0 Å². The van der Waals surface area contributed by atoms with Crippen LogP contribution in [-0.4, -0.2) is 12.3 Å². The lowest BCUT2D eigenvalue weighted by atomic mass is 10.1. The van der Waals surface area contributed by atoms with E-state index >= 15 is 0 Å². The van der Waals surface area contributed by atoms with Crippen molar-refractivity contribution in [2.45, 2.75) is 12.8 Å². The van der Waals surface area contributed by atoms with Crippen LogP contribution in [0.25, 0.3) is 0 Å². The van der Waals surface area contributed by atoms with E-state index in [9.17, 15) is 18.0 Å². The molecule has 0 aliphatic rings. The maximum atomic E-state index is 11.8. The van der Waals surface area contributed by atoms with E-state index in [2.05, 4.69) is 4.74 Å². The van der Waals surface area contributed by atoms with Crippen molar-refractivity contribution in [1.29, 1.82) is 0 Å². The van der Waals surface area contributed by atoms with Crippen molar-refractivity contribution in [3.05, 3.63) is 29.8 Å². The third kappa shape index (κ3) is 4.18. The molecule has 0 bridgehead atoms. The second-order valence-electron chi connectivity index (χ2n) is 2.94. The van der Waals surface area contributed by atoms with Crippen molar-refractivity contribution in [3.63, 3.8) is 0 Å². The van der Waals surface area contributed by atoms with Crippen LogP contribution < -0.4 is 16.0 Å². The predicted octanol–water partition coefficient (Wildman–Crippen LogP) is 1.12. The average Bonchev–Trinajstić information content (AvgIpc) is 2.18. The van der Waals surface area contributed by atoms with E-state index in [1.165, 1.54) is 12.1 Å². The van der Waals surface area contributed by atoms with Crippen molar-refractivity contribution in [2.75, 3.05) is 0 Å². The minimum Gasteiger partial charge on any atom is -0.406 e. The number of hydrazine groups is 1. The number of benzene rings is 1. The fourth-order valence-corrected chi connectivity index (χ4v) is 1.05. The standard InChI is InChI=1S/C9H9F3N2O2/c10-9(11,12)16-7-3-1-6(2-4-7)5-8(15)14-13/h1-4H,5,13H2,(H,14,15). The fourth-order valence-electron chi connectivity index (χ4n) is 1.05. The van der Waals surface area contributed by atoms with Crippen LogP contribution in [-0.2, 0) is 11.2 Å². The molecular weight excluding hydrogens is 225 g/mol. The Labute approximate surface area is 89.2 Å². The molecule has 0 aliphatic heterocycles. The Morgan fingerprint density at radius 2 is 1.88 bits per heavy atom. The van der Waals surface area contributed by atoms with Crippen molar-refractivity contribution in [3.8, 4) is 5.75 Å². The van der Waals surface area contributed by atoms with E-state index in [4.69, 9.17) is 5.84 Å². The van der Waals surface area contributed by atoms with Gasteiger partial charge in [0, 0.05) is 0 Å². The topological polar surface area (TPSA) is 64.3 Å². The van der Waals surface area contributed by atoms with Gasteiger partial charge in [0.2, 0.25) is 5.91 Å². The summed E-state index contributed by atoms with van der Waals surface area (Å²) in [6.07, 6.45) is -4.71. The van der Waals surface area contributed by atoms with E-state index in [0.717, 1.165) is 12.1 Å². The lowest BCUT2D eigenvalue weighted by molar-refractivity contribution is -0.274. The van der Waals surface area contributed by atoms with Crippen LogP contribution in [0.3, 0.4) is 0 Å². The van der Waals surface area contributed by atoms with E-state index in [0.29, 0.717) is 5.56 Å². The predicted molar refractivity (Wildman–Crippen MR) is 49.2 cm³/mol. The maximum absolute atomic E-state index is 11.8. The number of amides is 1. The van der Waals surface area contributed by atoms with Crippen LogP contribution in [0.5, 0.6) is 5.75 Å². The van der Waals surface area contributed by atoms with Gasteiger partial charge in [0.1, 0.15) is 5.75 Å². The van der Waals surface area contributed by atoms with Gasteiger partial charge in [0.05, 0.1) is 6.42 Å². The van der Waals surface area contributed by atoms with Gasteiger partial charge in [-0.15, -0.1) is 13.2 Å². The summed E-state index contributed by atoms with van der Waals surface area (Å²) in [6, 6.07) is 4.98. The number of carbonyl (C=O) groups excluding carboxylic acids is 1. The average molecular weight is 234 g/mol. The van der Waals surface area contributed by atoms with Gasteiger partial charge in [-0.2, -0.15) is 0 Å². The highest BCUT2D eigenvalue weighted by Gasteiger charge is 2.30. The lowest BCUT2D eigenvalue weighted by Crippen LogP contribution is -2.31. The highest BCUT2D eigenvalue weighted by atomic mass is 19.4. The number of nitrogens with one attached hydrogen (secondary N) is 1. The van der Waals surface area contributed by atoms with Crippen LogP contribution in [0, 0.1) is 0 Å². The summed E-state index contributed by atoms with van der Waals surface area (Å²) in [4.78, 5) is 10.8. The maximum Gasteiger partial charge on any atom is 0.573 e. The Hall–Kier alpha value is -1.76. The Morgan fingerprint density at radius 1 is 1.31 bits per heavy atom. The zero-order valence-electron chi connectivity index (χ0n) is 8.04. The van der Waals surface area contributed by atoms with Crippen LogP contribution in [0.1, 0.15) is 5.56 Å². The van der Waals surface area contributed by atoms with Crippen LogP contribution in [0.4, 0.5) is 13.2 Å². The summed E-state index contributed by atoms with van der Waals surface area (Å²) in [6.45, 7) is 0. The number of nitrogens with two attached hydrogens (primary N) is 1. The first-order valence-corrected chi connectivity index (χ1v) is 4.25. The highest BCUT2D eigenvalue weighted by Crippen LogP contribution is 2.22. The summed E-state index contributed by atoms with van der Waals surface area (Å²) >= 11 is 0. The summed E-state index contributed by atoms with van der Waals surface area (Å²) in [5, 5.41) is 0. The first-order chi connectivity index (χ1) is 7.40. The molecule has 0 spiro atoms. The molecule has 1 amide bonds. The number of halogens is 3. The lowest BCUT2D eigenvalue weighted by Gasteiger charge is -2.08. The Kier molecular flexibility index (Phi) is 3.73. The zero-order chi connectivity index (χ0) is 12.2. The van der Waals surface area contributed by atoms with E-state index < -0.39 is 12.3 Å². The molecule has 0 atom stereocenters. The van der Waals surface area contributed by atoms with Crippen molar-refractivity contribution in [1.82, 2.24) is 5.43 Å². The fraction of sp³-hybridized carbons (Fsp3) is 0.222. The van der Waals surface area contributed by atoms with Gasteiger partial charge in [-0.25, -0.2) is 5.84 Å². The number of alkyl halides is 3. The molecule has 1 aromatic carbocycles. The molecule has 3 N–H and O–H groups in total. The third-order valence-corrected chi connectivity index (χ3v) is 1.68. The second kappa shape index (κ2) is 4.84. The van der Waals surface area contributed by atoms with Gasteiger partial charge >= 0.3 is 6.36 Å². The number of hydrogen-bond acceptors (Lipinski definition) is 3. The van der Waals surface area contributed by atoms with Crippen molar-refractivity contribution < 1.29 is 22.7 Å². The summed E-state index contributed by atoms with van der Waals surface area (Å²) in [7, 11) is 0. The van der Waals surface area contributed by atoms with Gasteiger partial charge in [0.15, 0.2) is 0 Å². The van der Waals surface area contributed by atoms with E-state index in [1.807, 2.05) is 5.43 Å². The first kappa shape index (κ1) is 12.3. The van der Waals surface area contributed by atoms with Gasteiger partial charge in [-0.1, -0.05) is 12.1 Å². The van der Waals surface area contributed by atoms with Crippen molar-refractivity contribution in [2.24, 2.45) is 5.84 Å². The molecule has 1 rings (SSSR count). The number of carbonyl (C=O) groups is 1. The second-order valence-corrected chi connectivity index (χ2v) is 2.94. The molecule has 0 heterocycles. The van der Waals surface area contributed by atoms with E-state index in [-0.39, 0.29) is 12.2 Å². The Bertz CT molecular complexity index is 362. The van der Waals surface area contributed by atoms with Crippen LogP contribution in [0.2, 0.25) is 0 Å². The molecule has 0 fully saturated rings. The highest BCUT2D eigenvalue weighted by molar-refractivity contribution is 5.77. The largest absolute Gasteiger partial charge is 0.573 e. The zero-order valence-corrected chi connectivity index (χ0v) is 8.04. The number of rotatable bonds is 3. The minimum atomic E-state index is -4.71. The molecule has 0 unspecified atom stereocenters. The molecule has 0 aliphatic carbocycles. The van der Waals surface area contributed by atoms with Crippen LogP contribution in [0.15, 0.2) is 24.3 Å². The number of ether oxygens (including phenoxy) is 1. The normalized spacial score (nSPS) is 11.0. The molecular formula is C9H9F3N2O2. The number of hydrogen-bond donors (Lipinski definition) is 2. The van der Waals surface area contributed by atoms with Crippen molar-refractivity contribution >= 4 is 5.91 Å². The van der Waals surface area contributed by atoms with Gasteiger partial charge < -0.3 is 4.74 Å². The monoisotopic (exact) mass is 234 g/mol. The molecule has 0 aromatic heterocycles. The van der Waals surface area contributed by atoms with Gasteiger partial charge in [0.25, 0.3) is 0 Å². The Morgan fingerprint density at radius 3 is 2.31 bits per heavy atom. The molecule has 4 nitrogen and oxygen atoms in total. The first-order valence-electron chi connectivity index (χ1n) is 4.25. The molecule has 0 saturated carbocycles.